The molecule has 3 rings (SSSR count). The zero-order valence-corrected chi connectivity index (χ0v) is 13.0. The predicted molar refractivity (Wildman–Crippen MR) is 79.8 cm³/mol. The summed E-state index contributed by atoms with van der Waals surface area (Å²) in [6.07, 6.45) is 0. The number of rotatable bonds is 1. The summed E-state index contributed by atoms with van der Waals surface area (Å²) in [6.45, 7) is 0. The van der Waals surface area contributed by atoms with E-state index in [2.05, 4.69) is 41.8 Å². The largest absolute Gasteiger partial charge is 0.337 e. The van der Waals surface area contributed by atoms with Crippen LogP contribution in [0.4, 0.5) is 0 Å². The van der Waals surface area contributed by atoms with E-state index < -0.39 is 0 Å². The van der Waals surface area contributed by atoms with Gasteiger partial charge in [-0.1, -0.05) is 11.6 Å². The number of imidazole rings is 1. The molecule has 0 amide bonds. The van der Waals surface area contributed by atoms with Crippen LogP contribution in [0.5, 0.6) is 0 Å². The van der Waals surface area contributed by atoms with Crippen LogP contribution >= 0.6 is 54.8 Å². The second kappa shape index (κ2) is 4.39. The minimum Gasteiger partial charge on any atom is -0.337 e. The molecule has 0 aliphatic rings. The molecule has 0 aliphatic carbocycles. The normalized spacial score (nSPS) is 11.2. The molecule has 86 valence electrons. The van der Waals surface area contributed by atoms with E-state index in [0.29, 0.717) is 5.02 Å². The summed E-state index contributed by atoms with van der Waals surface area (Å²) in [5, 5.41) is 0.709. The topological polar surface area (TPSA) is 28.7 Å². The summed E-state index contributed by atoms with van der Waals surface area (Å²) in [4.78, 5) is 8.88. The molecule has 0 saturated carbocycles. The number of nitrogens with zero attached hydrogens (tertiary/aromatic N) is 1. The molecule has 3 aromatic rings. The van der Waals surface area contributed by atoms with Gasteiger partial charge in [0, 0.05) is 9.50 Å². The van der Waals surface area contributed by atoms with Gasteiger partial charge in [0.25, 0.3) is 0 Å². The van der Waals surface area contributed by atoms with Crippen LogP contribution in [0.1, 0.15) is 0 Å². The number of hydrogen-bond acceptors (Lipinski definition) is 2. The lowest BCUT2D eigenvalue weighted by molar-refractivity contribution is 1.36. The number of nitrogens with one attached hydrogen (secondary N) is 1. The first-order chi connectivity index (χ1) is 8.13. The number of benzene rings is 1. The van der Waals surface area contributed by atoms with Crippen LogP contribution in [0.2, 0.25) is 5.02 Å². The van der Waals surface area contributed by atoms with E-state index in [9.17, 15) is 0 Å². The summed E-state index contributed by atoms with van der Waals surface area (Å²) in [7, 11) is 0. The van der Waals surface area contributed by atoms with Crippen molar-refractivity contribution in [3.05, 3.63) is 37.5 Å². The van der Waals surface area contributed by atoms with Crippen LogP contribution in [0.25, 0.3) is 21.7 Å². The van der Waals surface area contributed by atoms with Crippen molar-refractivity contribution in [1.82, 2.24) is 9.97 Å². The number of thiophene rings is 1. The first-order valence-electron chi connectivity index (χ1n) is 4.74. The number of hydrogen-bond donors (Lipinski definition) is 1. The second-order valence-corrected chi connectivity index (χ2v) is 7.14. The average Bonchev–Trinajstić information content (AvgIpc) is 2.83. The van der Waals surface area contributed by atoms with Gasteiger partial charge in [-0.25, -0.2) is 4.98 Å². The van der Waals surface area contributed by atoms with Crippen molar-refractivity contribution in [1.29, 1.82) is 0 Å². The van der Waals surface area contributed by atoms with Gasteiger partial charge < -0.3 is 4.98 Å². The fourth-order valence-corrected chi connectivity index (χ4v) is 3.71. The van der Waals surface area contributed by atoms with E-state index in [4.69, 9.17) is 11.6 Å². The van der Waals surface area contributed by atoms with Gasteiger partial charge in [-0.05, 0) is 56.1 Å². The highest BCUT2D eigenvalue weighted by molar-refractivity contribution is 9.13. The first kappa shape index (κ1) is 11.7. The van der Waals surface area contributed by atoms with Gasteiger partial charge in [-0.2, -0.15) is 0 Å². The van der Waals surface area contributed by atoms with Gasteiger partial charge in [0.2, 0.25) is 0 Å². The standard InChI is InChI=1S/C11H5Br2ClN2S/c12-6-4-9(17-10(6)13)11-15-7-2-1-5(14)3-8(7)16-11/h1-4H,(H,15,16). The molecule has 2 aromatic heterocycles. The molecule has 6 heteroatoms. The lowest BCUT2D eigenvalue weighted by atomic mass is 10.3. The van der Waals surface area contributed by atoms with E-state index in [1.165, 1.54) is 0 Å². The molecule has 0 unspecified atom stereocenters. The van der Waals surface area contributed by atoms with Gasteiger partial charge in [-0.15, -0.1) is 11.3 Å². The summed E-state index contributed by atoms with van der Waals surface area (Å²) in [5.41, 5.74) is 1.87. The zero-order chi connectivity index (χ0) is 12.0. The molecule has 0 radical (unpaired) electrons. The van der Waals surface area contributed by atoms with E-state index in [1.807, 2.05) is 24.3 Å². The Kier molecular flexibility index (Phi) is 3.02. The predicted octanol–water partition coefficient (Wildman–Crippen LogP) is 5.47. The molecule has 1 N–H and O–H groups in total. The van der Waals surface area contributed by atoms with Gasteiger partial charge in [0.1, 0.15) is 5.82 Å². The summed E-state index contributed by atoms with van der Waals surface area (Å²) < 4.78 is 2.10. The molecule has 0 fully saturated rings. The maximum Gasteiger partial charge on any atom is 0.148 e. The lowest BCUT2D eigenvalue weighted by Crippen LogP contribution is -1.72. The van der Waals surface area contributed by atoms with Gasteiger partial charge in [0.05, 0.1) is 19.7 Å². The van der Waals surface area contributed by atoms with Gasteiger partial charge >= 0.3 is 0 Å². The summed E-state index contributed by atoms with van der Waals surface area (Å²) in [5.74, 6) is 0.860. The molecule has 0 aliphatic heterocycles. The SMILES string of the molecule is Clc1ccc2nc(-c3cc(Br)c(Br)s3)[nH]c2c1. The molecule has 1 aromatic carbocycles. The molecular formula is C11H5Br2ClN2S. The molecule has 0 atom stereocenters. The van der Waals surface area contributed by atoms with Crippen molar-refractivity contribution in [3.63, 3.8) is 0 Å². The third-order valence-electron chi connectivity index (χ3n) is 2.32. The van der Waals surface area contributed by atoms with Gasteiger partial charge in [0.15, 0.2) is 0 Å². The smallest absolute Gasteiger partial charge is 0.148 e. The minimum absolute atomic E-state index is 0.709. The third-order valence-corrected chi connectivity index (χ3v) is 5.82. The molecule has 0 bridgehead atoms. The Hall–Kier alpha value is -0.360. The van der Waals surface area contributed by atoms with Gasteiger partial charge in [-0.3, -0.25) is 0 Å². The third kappa shape index (κ3) is 2.17. The Bertz CT molecular complexity index is 685. The molecule has 0 saturated heterocycles. The Morgan fingerprint density at radius 2 is 2.06 bits per heavy atom. The Labute approximate surface area is 123 Å². The van der Waals surface area contributed by atoms with Crippen molar-refractivity contribution in [3.8, 4) is 10.7 Å². The quantitative estimate of drug-likeness (QED) is 0.584. The maximum atomic E-state index is 5.94. The summed E-state index contributed by atoms with van der Waals surface area (Å²) >= 11 is 14.5. The van der Waals surface area contributed by atoms with E-state index in [0.717, 1.165) is 30.0 Å². The Morgan fingerprint density at radius 1 is 1.24 bits per heavy atom. The van der Waals surface area contributed by atoms with E-state index in [-0.39, 0.29) is 0 Å². The van der Waals surface area contributed by atoms with Crippen molar-refractivity contribution in [2.24, 2.45) is 0 Å². The molecule has 0 spiro atoms. The highest BCUT2D eigenvalue weighted by Crippen LogP contribution is 2.37. The van der Waals surface area contributed by atoms with Crippen molar-refractivity contribution >= 4 is 65.8 Å². The number of aromatic amines is 1. The van der Waals surface area contributed by atoms with Crippen LogP contribution in [0.15, 0.2) is 32.5 Å². The van der Waals surface area contributed by atoms with Crippen LogP contribution in [-0.4, -0.2) is 9.97 Å². The fraction of sp³-hybridized carbons (Fsp3) is 0. The minimum atomic E-state index is 0.709. The molecular weight excluding hydrogens is 387 g/mol. The van der Waals surface area contributed by atoms with Crippen LogP contribution in [0, 0.1) is 0 Å². The Morgan fingerprint density at radius 3 is 2.76 bits per heavy atom. The van der Waals surface area contributed by atoms with Crippen molar-refractivity contribution < 1.29 is 0 Å². The van der Waals surface area contributed by atoms with E-state index in [1.54, 1.807) is 11.3 Å². The Balaban J connectivity index is 2.17. The maximum absolute atomic E-state index is 5.94. The van der Waals surface area contributed by atoms with Crippen LogP contribution in [-0.2, 0) is 0 Å². The fourth-order valence-electron chi connectivity index (χ4n) is 1.56. The highest BCUT2D eigenvalue weighted by atomic mass is 79.9. The van der Waals surface area contributed by atoms with Crippen LogP contribution in [0.3, 0.4) is 0 Å². The number of halogens is 3. The molecule has 17 heavy (non-hydrogen) atoms. The van der Waals surface area contributed by atoms with Crippen LogP contribution < -0.4 is 0 Å². The molecule has 2 heterocycles. The zero-order valence-electron chi connectivity index (χ0n) is 8.30. The van der Waals surface area contributed by atoms with Crippen molar-refractivity contribution in [2.75, 3.05) is 0 Å². The van der Waals surface area contributed by atoms with Crippen molar-refractivity contribution in [2.45, 2.75) is 0 Å². The number of H-pyrrole nitrogens is 1. The number of fused-ring (bicyclic) bond motifs is 1. The highest BCUT2D eigenvalue weighted by Gasteiger charge is 2.10. The lowest BCUT2D eigenvalue weighted by Gasteiger charge is -1.87. The molecule has 2 nitrogen and oxygen atoms in total. The van der Waals surface area contributed by atoms with E-state index >= 15 is 0 Å². The summed E-state index contributed by atoms with van der Waals surface area (Å²) in [6, 6.07) is 7.67. The number of aromatic nitrogens is 2. The first-order valence-corrected chi connectivity index (χ1v) is 7.52. The monoisotopic (exact) mass is 390 g/mol. The average molecular weight is 393 g/mol. The second-order valence-electron chi connectivity index (χ2n) is 3.48.